The summed E-state index contributed by atoms with van der Waals surface area (Å²) in [4.78, 5) is 18.1. The molecule has 2 aromatic carbocycles. The predicted octanol–water partition coefficient (Wildman–Crippen LogP) is 5.08. The Hall–Kier alpha value is -4.37. The Balaban J connectivity index is 1.57. The summed E-state index contributed by atoms with van der Waals surface area (Å²) in [5.74, 6) is 0.906. The van der Waals surface area contributed by atoms with Gasteiger partial charge in [-0.3, -0.25) is 4.98 Å². The molecule has 0 N–H and O–H groups in total. The molecule has 8 nitrogen and oxygen atoms in total. The van der Waals surface area contributed by atoms with Gasteiger partial charge in [0.2, 0.25) is 0 Å². The average Bonchev–Trinajstić information content (AvgIpc) is 3.50. The van der Waals surface area contributed by atoms with Gasteiger partial charge in [0.05, 0.1) is 37.3 Å². The minimum Gasteiger partial charge on any atom is -0.497 e. The molecule has 6 aromatic rings. The van der Waals surface area contributed by atoms with E-state index in [1.807, 2.05) is 34.9 Å². The number of imidazole rings is 1. The first-order valence-corrected chi connectivity index (χ1v) is 11.1. The Bertz CT molecular complexity index is 1690. The fourth-order valence-corrected chi connectivity index (χ4v) is 4.12. The Kier molecular flexibility index (Phi) is 5.11. The summed E-state index contributed by atoms with van der Waals surface area (Å²) in [6.45, 7) is 0.498. The summed E-state index contributed by atoms with van der Waals surface area (Å²) in [6.07, 6.45) is 6.79. The van der Waals surface area contributed by atoms with Crippen LogP contribution >= 0.6 is 11.6 Å². The van der Waals surface area contributed by atoms with Gasteiger partial charge >= 0.3 is 0 Å². The van der Waals surface area contributed by atoms with Crippen molar-refractivity contribution in [2.75, 3.05) is 7.11 Å². The molecule has 4 heterocycles. The topological polar surface area (TPSA) is 83.5 Å². The highest BCUT2D eigenvalue weighted by Crippen LogP contribution is 2.29. The second kappa shape index (κ2) is 8.44. The molecule has 10 heteroatoms. The lowest BCUT2D eigenvalue weighted by molar-refractivity contribution is 0.414. The predicted molar refractivity (Wildman–Crippen MR) is 130 cm³/mol. The van der Waals surface area contributed by atoms with E-state index in [9.17, 15) is 4.39 Å². The molecule has 0 aliphatic carbocycles. The first-order chi connectivity index (χ1) is 17.1. The van der Waals surface area contributed by atoms with Crippen LogP contribution in [0.2, 0.25) is 5.02 Å². The van der Waals surface area contributed by atoms with Crippen LogP contribution in [0.15, 0.2) is 73.4 Å². The largest absolute Gasteiger partial charge is 0.497 e. The monoisotopic (exact) mass is 485 g/mol. The third-order valence-corrected chi connectivity index (χ3v) is 5.93. The molecule has 4 aromatic heterocycles. The maximum absolute atomic E-state index is 14.8. The number of hydrogen-bond acceptors (Lipinski definition) is 6. The number of halogens is 2. The van der Waals surface area contributed by atoms with Crippen LogP contribution in [-0.2, 0) is 6.54 Å². The molecule has 172 valence electrons. The Labute approximate surface area is 203 Å². The maximum Gasteiger partial charge on any atom is 0.186 e. The van der Waals surface area contributed by atoms with Crippen molar-refractivity contribution < 1.29 is 9.13 Å². The molecule has 0 saturated carbocycles. The summed E-state index contributed by atoms with van der Waals surface area (Å²) in [5, 5.41) is 5.73. The molecule has 0 amide bonds. The van der Waals surface area contributed by atoms with Crippen molar-refractivity contribution in [1.29, 1.82) is 0 Å². The molecule has 0 aliphatic heterocycles. The minimum atomic E-state index is -0.476. The summed E-state index contributed by atoms with van der Waals surface area (Å²) >= 11 is 6.17. The normalized spacial score (nSPS) is 11.4. The number of pyridine rings is 1. The van der Waals surface area contributed by atoms with Crippen LogP contribution in [0.5, 0.6) is 5.75 Å². The van der Waals surface area contributed by atoms with Crippen molar-refractivity contribution in [2.24, 2.45) is 0 Å². The van der Waals surface area contributed by atoms with Gasteiger partial charge in [-0.2, -0.15) is 5.10 Å². The summed E-state index contributed by atoms with van der Waals surface area (Å²) < 4.78 is 23.6. The minimum absolute atomic E-state index is 0.182. The van der Waals surface area contributed by atoms with Gasteiger partial charge in [0.25, 0.3) is 0 Å². The second-order valence-corrected chi connectivity index (χ2v) is 8.32. The van der Waals surface area contributed by atoms with Crippen LogP contribution in [-0.4, -0.2) is 41.4 Å². The lowest BCUT2D eigenvalue weighted by Gasteiger charge is -2.10. The van der Waals surface area contributed by atoms with Crippen LogP contribution in [0.4, 0.5) is 4.39 Å². The molecule has 0 fully saturated rings. The van der Waals surface area contributed by atoms with Crippen molar-refractivity contribution in [3.8, 4) is 23.0 Å². The molecule has 0 aliphatic rings. The Morgan fingerprint density at radius 3 is 2.71 bits per heavy atom. The van der Waals surface area contributed by atoms with E-state index in [-0.39, 0.29) is 11.4 Å². The van der Waals surface area contributed by atoms with Crippen LogP contribution in [0.1, 0.15) is 5.56 Å². The molecular formula is C25H17ClFN7O. The molecule has 0 spiro atoms. The molecule has 0 bridgehead atoms. The third kappa shape index (κ3) is 3.75. The second-order valence-electron chi connectivity index (χ2n) is 7.88. The first kappa shape index (κ1) is 21.2. The maximum atomic E-state index is 14.8. The van der Waals surface area contributed by atoms with Gasteiger partial charge in [0.1, 0.15) is 11.6 Å². The Morgan fingerprint density at radius 2 is 1.89 bits per heavy atom. The zero-order valence-corrected chi connectivity index (χ0v) is 19.2. The van der Waals surface area contributed by atoms with E-state index in [0.29, 0.717) is 28.5 Å². The molecule has 0 unspecified atom stereocenters. The van der Waals surface area contributed by atoms with Gasteiger partial charge in [-0.05, 0) is 42.0 Å². The smallest absolute Gasteiger partial charge is 0.186 e. The number of ether oxygens (including phenoxy) is 1. The number of rotatable bonds is 5. The molecule has 35 heavy (non-hydrogen) atoms. The van der Waals surface area contributed by atoms with Gasteiger partial charge < -0.3 is 9.30 Å². The van der Waals surface area contributed by atoms with Gasteiger partial charge in [-0.15, -0.1) is 0 Å². The number of aromatic nitrogens is 7. The highest BCUT2D eigenvalue weighted by molar-refractivity contribution is 6.30. The van der Waals surface area contributed by atoms with Crippen LogP contribution in [0.3, 0.4) is 0 Å². The number of hydrogen-bond donors (Lipinski definition) is 0. The van der Waals surface area contributed by atoms with Crippen molar-refractivity contribution >= 4 is 33.7 Å². The number of benzene rings is 2. The standard InChI is InChI=1S/C25H17ClFN7O/c1-35-18-5-2-15(3-6-18)13-33-14-29-22-24(33)31-23(19-10-17(26)4-7-20(19)27)32-25(22)34-21-8-9-28-11-16(21)12-30-34/h2-12,14H,13H2,1H3. The molecule has 6 rings (SSSR count). The zero-order valence-electron chi connectivity index (χ0n) is 18.4. The quantitative estimate of drug-likeness (QED) is 0.339. The van der Waals surface area contributed by atoms with Crippen LogP contribution in [0, 0.1) is 5.82 Å². The highest BCUT2D eigenvalue weighted by atomic mass is 35.5. The number of fused-ring (bicyclic) bond motifs is 2. The van der Waals surface area contributed by atoms with E-state index in [4.69, 9.17) is 21.3 Å². The fourth-order valence-electron chi connectivity index (χ4n) is 3.95. The average molecular weight is 486 g/mol. The third-order valence-electron chi connectivity index (χ3n) is 5.70. The number of nitrogens with zero attached hydrogens (tertiary/aromatic N) is 7. The Morgan fingerprint density at radius 1 is 1.03 bits per heavy atom. The van der Waals surface area contributed by atoms with Crippen molar-refractivity contribution in [1.82, 2.24) is 34.3 Å². The zero-order chi connectivity index (χ0) is 23.9. The lowest BCUT2D eigenvalue weighted by atomic mass is 10.2. The van der Waals surface area contributed by atoms with E-state index in [1.165, 1.54) is 18.2 Å². The van der Waals surface area contributed by atoms with E-state index < -0.39 is 5.82 Å². The van der Waals surface area contributed by atoms with Crippen molar-refractivity contribution in [2.45, 2.75) is 6.54 Å². The highest BCUT2D eigenvalue weighted by Gasteiger charge is 2.20. The van der Waals surface area contributed by atoms with Crippen LogP contribution in [0.25, 0.3) is 39.3 Å². The molecule has 0 atom stereocenters. The van der Waals surface area contributed by atoms with Gasteiger partial charge in [-0.1, -0.05) is 23.7 Å². The van der Waals surface area contributed by atoms with E-state index >= 15 is 0 Å². The van der Waals surface area contributed by atoms with E-state index in [2.05, 4.69) is 20.1 Å². The van der Waals surface area contributed by atoms with Gasteiger partial charge in [0, 0.05) is 22.8 Å². The van der Waals surface area contributed by atoms with Gasteiger partial charge in [0.15, 0.2) is 22.8 Å². The molecular weight excluding hydrogens is 469 g/mol. The molecule has 0 radical (unpaired) electrons. The van der Waals surface area contributed by atoms with Crippen LogP contribution < -0.4 is 4.74 Å². The lowest BCUT2D eigenvalue weighted by Crippen LogP contribution is -2.06. The van der Waals surface area contributed by atoms with Gasteiger partial charge in [-0.25, -0.2) is 24.0 Å². The number of methoxy groups -OCH3 is 1. The summed E-state index contributed by atoms with van der Waals surface area (Å²) in [6, 6.07) is 13.9. The fraction of sp³-hybridized carbons (Fsp3) is 0.0800. The summed E-state index contributed by atoms with van der Waals surface area (Å²) in [5.41, 5.74) is 3.08. The van der Waals surface area contributed by atoms with Crippen molar-refractivity contribution in [3.05, 3.63) is 89.9 Å². The van der Waals surface area contributed by atoms with E-state index in [0.717, 1.165) is 22.2 Å². The van der Waals surface area contributed by atoms with Crippen molar-refractivity contribution in [3.63, 3.8) is 0 Å². The summed E-state index contributed by atoms with van der Waals surface area (Å²) in [7, 11) is 1.63. The molecule has 0 saturated heterocycles. The SMILES string of the molecule is COc1ccc(Cn2cnc3c(-n4ncc5cnccc54)nc(-c4cc(Cl)ccc4F)nc32)cc1. The van der Waals surface area contributed by atoms with E-state index in [1.54, 1.807) is 36.7 Å². The first-order valence-electron chi connectivity index (χ1n) is 10.7.